The molecule has 0 rings (SSSR count). The van der Waals surface area contributed by atoms with Crippen LogP contribution in [0, 0.1) is 0 Å². The van der Waals surface area contributed by atoms with Crippen molar-refractivity contribution in [3.63, 3.8) is 0 Å². The first kappa shape index (κ1) is 5.70. The summed E-state index contributed by atoms with van der Waals surface area (Å²) in [6.07, 6.45) is -0.343. The lowest BCUT2D eigenvalue weighted by Crippen LogP contribution is -1.97. The van der Waals surface area contributed by atoms with Crippen LogP contribution in [0.25, 0.3) is 0 Å². The molecule has 0 bridgehead atoms. The summed E-state index contributed by atoms with van der Waals surface area (Å²) in [6, 6.07) is 0. The second-order valence-electron chi connectivity index (χ2n) is 1.52. The monoisotopic (exact) mass is 86.1 g/mol. The molecule has 0 aliphatic carbocycles. The fourth-order valence-corrected chi connectivity index (χ4v) is 0. The van der Waals surface area contributed by atoms with Gasteiger partial charge in [0.15, 0.2) is 0 Å². The maximum Gasteiger partial charge on any atom is 0.0716 e. The molecular weight excluding hydrogens is 76.1 g/mol. The lowest BCUT2D eigenvalue weighted by molar-refractivity contribution is 0.232. The summed E-state index contributed by atoms with van der Waals surface area (Å²) in [4.78, 5) is 0. The zero-order valence-electron chi connectivity index (χ0n) is 4.23. The first-order valence-electron chi connectivity index (χ1n) is 1.98. The number of rotatable bonds is 1. The van der Waals surface area contributed by atoms with E-state index in [0.717, 1.165) is 5.57 Å². The first-order chi connectivity index (χ1) is 2.64. The Morgan fingerprint density at radius 1 is 1.83 bits per heavy atom. The standard InChI is InChI=1S/C5H10O/c1-4(2)5(3)6/h5-6H,1H2,2-3H3/t5-/m1/s1. The summed E-state index contributed by atoms with van der Waals surface area (Å²) >= 11 is 0. The van der Waals surface area contributed by atoms with Gasteiger partial charge in [-0.3, -0.25) is 0 Å². The minimum atomic E-state index is -0.343. The Kier molecular flexibility index (Phi) is 1.88. The summed E-state index contributed by atoms with van der Waals surface area (Å²) in [5.74, 6) is 0. The lowest BCUT2D eigenvalue weighted by atomic mass is 10.2. The van der Waals surface area contributed by atoms with Crippen LogP contribution in [-0.4, -0.2) is 11.2 Å². The van der Waals surface area contributed by atoms with E-state index >= 15 is 0 Å². The maximum atomic E-state index is 8.53. The van der Waals surface area contributed by atoms with E-state index in [0.29, 0.717) is 0 Å². The number of hydrogen-bond donors (Lipinski definition) is 1. The molecule has 0 saturated carbocycles. The van der Waals surface area contributed by atoms with Crippen LogP contribution < -0.4 is 0 Å². The first-order valence-corrected chi connectivity index (χ1v) is 1.98. The fourth-order valence-electron chi connectivity index (χ4n) is 0. The minimum absolute atomic E-state index is 0.343. The molecule has 0 aliphatic rings. The lowest BCUT2D eigenvalue weighted by Gasteiger charge is -1.97. The summed E-state index contributed by atoms with van der Waals surface area (Å²) in [5, 5.41) is 8.53. The van der Waals surface area contributed by atoms with Gasteiger partial charge in [0.25, 0.3) is 0 Å². The molecule has 0 spiro atoms. The third-order valence-corrected chi connectivity index (χ3v) is 0.713. The number of aliphatic hydroxyl groups excluding tert-OH is 1. The predicted octanol–water partition coefficient (Wildman–Crippen LogP) is 0.943. The summed E-state index contributed by atoms with van der Waals surface area (Å²) in [5.41, 5.74) is 0.815. The van der Waals surface area contributed by atoms with Crippen molar-refractivity contribution in [3.05, 3.63) is 12.2 Å². The van der Waals surface area contributed by atoms with E-state index in [1.165, 1.54) is 0 Å². The van der Waals surface area contributed by atoms with E-state index in [1.54, 1.807) is 13.8 Å². The van der Waals surface area contributed by atoms with Gasteiger partial charge in [-0.1, -0.05) is 12.2 Å². The van der Waals surface area contributed by atoms with Crippen LogP contribution >= 0.6 is 0 Å². The molecule has 0 saturated heterocycles. The molecule has 0 aromatic heterocycles. The van der Waals surface area contributed by atoms with Gasteiger partial charge < -0.3 is 5.11 Å². The van der Waals surface area contributed by atoms with Crippen LogP contribution in [0.3, 0.4) is 0 Å². The van der Waals surface area contributed by atoms with Crippen molar-refractivity contribution in [1.29, 1.82) is 0 Å². The van der Waals surface area contributed by atoms with Gasteiger partial charge in [-0.2, -0.15) is 0 Å². The molecule has 1 heteroatoms. The van der Waals surface area contributed by atoms with Crippen molar-refractivity contribution in [2.24, 2.45) is 0 Å². The molecular formula is C5H10O. The molecule has 6 heavy (non-hydrogen) atoms. The molecule has 1 atom stereocenters. The molecule has 0 aromatic carbocycles. The van der Waals surface area contributed by atoms with E-state index < -0.39 is 0 Å². The van der Waals surface area contributed by atoms with E-state index in [4.69, 9.17) is 5.11 Å². The van der Waals surface area contributed by atoms with Gasteiger partial charge in [-0.15, -0.1) is 0 Å². The summed E-state index contributed by atoms with van der Waals surface area (Å²) < 4.78 is 0. The highest BCUT2D eigenvalue weighted by atomic mass is 16.3. The van der Waals surface area contributed by atoms with Gasteiger partial charge >= 0.3 is 0 Å². The van der Waals surface area contributed by atoms with Crippen molar-refractivity contribution < 1.29 is 5.11 Å². The highest BCUT2D eigenvalue weighted by Gasteiger charge is 1.89. The van der Waals surface area contributed by atoms with E-state index in [9.17, 15) is 0 Å². The molecule has 0 heterocycles. The average molecular weight is 86.1 g/mol. The van der Waals surface area contributed by atoms with Gasteiger partial charge in [0.1, 0.15) is 0 Å². The third-order valence-electron chi connectivity index (χ3n) is 0.713. The second kappa shape index (κ2) is 1.98. The van der Waals surface area contributed by atoms with Crippen LogP contribution in [0.5, 0.6) is 0 Å². The Morgan fingerprint density at radius 3 is 2.00 bits per heavy atom. The SMILES string of the molecule is C=C(C)[C@@H](C)O. The van der Waals surface area contributed by atoms with Crippen molar-refractivity contribution in [2.45, 2.75) is 20.0 Å². The highest BCUT2D eigenvalue weighted by Crippen LogP contribution is 1.92. The molecule has 0 aromatic rings. The zero-order valence-corrected chi connectivity index (χ0v) is 4.23. The quantitative estimate of drug-likeness (QED) is 0.471. The zero-order chi connectivity index (χ0) is 5.15. The minimum Gasteiger partial charge on any atom is -0.389 e. The van der Waals surface area contributed by atoms with Gasteiger partial charge in [0.2, 0.25) is 0 Å². The molecule has 0 fully saturated rings. The smallest absolute Gasteiger partial charge is 0.0716 e. The van der Waals surface area contributed by atoms with Crippen molar-refractivity contribution in [1.82, 2.24) is 0 Å². The summed E-state index contributed by atoms with van der Waals surface area (Å²) in [7, 11) is 0. The van der Waals surface area contributed by atoms with Crippen LogP contribution in [0.15, 0.2) is 12.2 Å². The molecule has 0 radical (unpaired) electrons. The van der Waals surface area contributed by atoms with Crippen molar-refractivity contribution in [2.75, 3.05) is 0 Å². The molecule has 36 valence electrons. The van der Waals surface area contributed by atoms with Crippen LogP contribution in [0.4, 0.5) is 0 Å². The van der Waals surface area contributed by atoms with E-state index in [-0.39, 0.29) is 6.10 Å². The largest absolute Gasteiger partial charge is 0.389 e. The van der Waals surface area contributed by atoms with Crippen molar-refractivity contribution >= 4 is 0 Å². The van der Waals surface area contributed by atoms with Gasteiger partial charge in [-0.25, -0.2) is 0 Å². The van der Waals surface area contributed by atoms with E-state index in [1.807, 2.05) is 0 Å². The van der Waals surface area contributed by atoms with Crippen LogP contribution in [0.1, 0.15) is 13.8 Å². The molecule has 0 aliphatic heterocycles. The molecule has 1 N–H and O–H groups in total. The second-order valence-corrected chi connectivity index (χ2v) is 1.52. The van der Waals surface area contributed by atoms with Crippen LogP contribution in [0.2, 0.25) is 0 Å². The van der Waals surface area contributed by atoms with Gasteiger partial charge in [-0.05, 0) is 13.8 Å². The molecule has 0 amide bonds. The topological polar surface area (TPSA) is 20.2 Å². The summed E-state index contributed by atoms with van der Waals surface area (Å²) in [6.45, 7) is 7.00. The van der Waals surface area contributed by atoms with Crippen molar-refractivity contribution in [3.8, 4) is 0 Å². The van der Waals surface area contributed by atoms with Gasteiger partial charge in [0, 0.05) is 0 Å². The molecule has 0 unspecified atom stereocenters. The van der Waals surface area contributed by atoms with Crippen LogP contribution in [-0.2, 0) is 0 Å². The number of hydrogen-bond acceptors (Lipinski definition) is 1. The Hall–Kier alpha value is -0.300. The predicted molar refractivity (Wildman–Crippen MR) is 26.5 cm³/mol. The Morgan fingerprint density at radius 2 is 2.00 bits per heavy atom. The highest BCUT2D eigenvalue weighted by molar-refractivity contribution is 4.93. The average Bonchev–Trinajstić information content (AvgIpc) is 1.36. The van der Waals surface area contributed by atoms with E-state index in [2.05, 4.69) is 6.58 Å². The molecule has 1 nitrogen and oxygen atoms in total. The fraction of sp³-hybridized carbons (Fsp3) is 0.600. The normalized spacial score (nSPS) is 13.8. The Bertz CT molecular complexity index is 55.0. The Labute approximate surface area is 38.3 Å². The van der Waals surface area contributed by atoms with Gasteiger partial charge in [0.05, 0.1) is 6.10 Å². The number of aliphatic hydroxyl groups is 1. The Balaban J connectivity index is 3.26. The third kappa shape index (κ3) is 1.97. The maximum absolute atomic E-state index is 8.53.